The van der Waals surface area contributed by atoms with Crippen LogP contribution in [0.3, 0.4) is 0 Å². The fourth-order valence-electron chi connectivity index (χ4n) is 4.63. The number of hydrogen-bond acceptors (Lipinski definition) is 5. The van der Waals surface area contributed by atoms with Crippen molar-refractivity contribution < 1.29 is 9.18 Å². The highest BCUT2D eigenvalue weighted by molar-refractivity contribution is 5.84. The molecular weight excluding hydrogens is 359 g/mol. The summed E-state index contributed by atoms with van der Waals surface area (Å²) in [4.78, 5) is 14.8. The Balaban J connectivity index is 1.27. The lowest BCUT2D eigenvalue weighted by atomic mass is 9.81. The van der Waals surface area contributed by atoms with Gasteiger partial charge in [0.05, 0.1) is 19.3 Å². The molecule has 3 atom stereocenters. The lowest BCUT2D eigenvalue weighted by molar-refractivity contribution is -0.136. The van der Waals surface area contributed by atoms with E-state index in [1.807, 2.05) is 29.7 Å². The van der Waals surface area contributed by atoms with Crippen LogP contribution in [0.4, 0.5) is 4.39 Å². The van der Waals surface area contributed by atoms with E-state index in [1.54, 1.807) is 15.6 Å². The molecule has 2 aliphatic heterocycles. The standard InChI is InChI=1S/C20H23FN6O/c21-15-5-3-4-14(10-15)11-26-13-16(22-24-26)12-25-8-9-27-19(20(25)28)17-6-1-2-7-18(17)23-27/h3-5,8-10,13,17-19,23H,1-2,6-7,11-12H2. The van der Waals surface area contributed by atoms with Crippen molar-refractivity contribution in [1.29, 1.82) is 0 Å². The van der Waals surface area contributed by atoms with Crippen LogP contribution in [-0.4, -0.2) is 42.9 Å². The molecule has 1 aromatic heterocycles. The summed E-state index contributed by atoms with van der Waals surface area (Å²) in [6.07, 6.45) is 10.2. The Bertz CT molecular complexity index is 912. The molecule has 5 rings (SSSR count). The molecule has 1 amide bonds. The van der Waals surface area contributed by atoms with Crippen LogP contribution in [0, 0.1) is 11.7 Å². The van der Waals surface area contributed by atoms with E-state index >= 15 is 0 Å². The summed E-state index contributed by atoms with van der Waals surface area (Å²) in [5.41, 5.74) is 5.02. The number of aromatic nitrogens is 3. The topological polar surface area (TPSA) is 66.3 Å². The van der Waals surface area contributed by atoms with Crippen LogP contribution in [0.15, 0.2) is 42.9 Å². The first-order valence-corrected chi connectivity index (χ1v) is 9.84. The van der Waals surface area contributed by atoms with Crippen LogP contribution < -0.4 is 5.43 Å². The molecule has 1 saturated carbocycles. The molecular formula is C20H23FN6O. The highest BCUT2D eigenvalue weighted by Crippen LogP contribution is 2.36. The van der Waals surface area contributed by atoms with Crippen molar-refractivity contribution in [3.05, 3.63) is 59.9 Å². The number of halogens is 1. The molecule has 28 heavy (non-hydrogen) atoms. The first-order chi connectivity index (χ1) is 13.7. The number of benzene rings is 1. The van der Waals surface area contributed by atoms with Crippen molar-refractivity contribution in [2.75, 3.05) is 0 Å². The predicted octanol–water partition coefficient (Wildman–Crippen LogP) is 2.03. The van der Waals surface area contributed by atoms with Gasteiger partial charge in [-0.2, -0.15) is 0 Å². The van der Waals surface area contributed by atoms with E-state index in [4.69, 9.17) is 0 Å². The van der Waals surface area contributed by atoms with E-state index in [9.17, 15) is 9.18 Å². The minimum absolute atomic E-state index is 0.115. The van der Waals surface area contributed by atoms with Gasteiger partial charge in [-0.3, -0.25) is 4.79 Å². The SMILES string of the molecule is O=C1C2C3CCCCC3NN2C=CN1Cc1cn(Cc2cccc(F)c2)nn1. The van der Waals surface area contributed by atoms with Crippen LogP contribution in [0.1, 0.15) is 36.9 Å². The Hall–Kier alpha value is -2.74. The number of nitrogens with one attached hydrogen (secondary N) is 1. The van der Waals surface area contributed by atoms with E-state index in [1.165, 1.54) is 25.0 Å². The summed E-state index contributed by atoms with van der Waals surface area (Å²) < 4.78 is 15.0. The van der Waals surface area contributed by atoms with Gasteiger partial charge in [0.15, 0.2) is 0 Å². The zero-order chi connectivity index (χ0) is 19.1. The maximum Gasteiger partial charge on any atom is 0.251 e. The number of hydrazine groups is 1. The summed E-state index contributed by atoms with van der Waals surface area (Å²) in [6.45, 7) is 0.832. The molecule has 1 saturated heterocycles. The molecule has 0 spiro atoms. The first-order valence-electron chi connectivity index (χ1n) is 9.84. The summed E-state index contributed by atoms with van der Waals surface area (Å²) in [7, 11) is 0. The van der Waals surface area contributed by atoms with Gasteiger partial charge in [-0.05, 0) is 30.5 Å². The highest BCUT2D eigenvalue weighted by Gasteiger charge is 2.47. The monoisotopic (exact) mass is 382 g/mol. The van der Waals surface area contributed by atoms with E-state index in [-0.39, 0.29) is 17.8 Å². The summed E-state index contributed by atoms with van der Waals surface area (Å²) in [5, 5.41) is 10.3. The molecule has 3 aliphatic rings. The fraction of sp³-hybridized carbons (Fsp3) is 0.450. The van der Waals surface area contributed by atoms with E-state index in [0.717, 1.165) is 18.4 Å². The number of hydrogen-bond donors (Lipinski definition) is 1. The molecule has 0 radical (unpaired) electrons. The number of amides is 1. The largest absolute Gasteiger partial charge is 0.310 e. The number of carbonyl (C=O) groups is 1. The van der Waals surface area contributed by atoms with Crippen LogP contribution in [-0.2, 0) is 17.9 Å². The van der Waals surface area contributed by atoms with Crippen LogP contribution >= 0.6 is 0 Å². The van der Waals surface area contributed by atoms with Gasteiger partial charge in [-0.15, -0.1) is 5.10 Å². The Labute approximate surface area is 162 Å². The Morgan fingerprint density at radius 1 is 1.18 bits per heavy atom. The minimum Gasteiger partial charge on any atom is -0.310 e. The Kier molecular flexibility index (Phi) is 4.35. The summed E-state index contributed by atoms with van der Waals surface area (Å²) in [5.74, 6) is 0.221. The summed E-state index contributed by atoms with van der Waals surface area (Å²) >= 11 is 0. The second-order valence-corrected chi connectivity index (χ2v) is 7.84. The normalized spacial score (nSPS) is 26.5. The summed E-state index contributed by atoms with van der Waals surface area (Å²) in [6, 6.07) is 6.71. The van der Waals surface area contributed by atoms with Gasteiger partial charge in [0.25, 0.3) is 5.91 Å². The van der Waals surface area contributed by atoms with Gasteiger partial charge in [-0.1, -0.05) is 30.2 Å². The lowest BCUT2D eigenvalue weighted by Crippen LogP contribution is -2.49. The molecule has 146 valence electrons. The maximum atomic E-state index is 13.3. The average molecular weight is 382 g/mol. The van der Waals surface area contributed by atoms with Crippen molar-refractivity contribution in [3.8, 4) is 0 Å². The average Bonchev–Trinajstić information content (AvgIpc) is 3.28. The molecule has 0 bridgehead atoms. The molecule has 3 heterocycles. The fourth-order valence-corrected chi connectivity index (χ4v) is 4.63. The van der Waals surface area contributed by atoms with Gasteiger partial charge < -0.3 is 9.91 Å². The van der Waals surface area contributed by atoms with E-state index < -0.39 is 0 Å². The zero-order valence-electron chi connectivity index (χ0n) is 15.5. The molecule has 2 aromatic rings. The molecule has 1 N–H and O–H groups in total. The number of nitrogens with zero attached hydrogens (tertiary/aromatic N) is 5. The Morgan fingerprint density at radius 3 is 2.96 bits per heavy atom. The van der Waals surface area contributed by atoms with Gasteiger partial charge in [0, 0.05) is 24.4 Å². The highest BCUT2D eigenvalue weighted by atomic mass is 19.1. The minimum atomic E-state index is -0.266. The van der Waals surface area contributed by atoms with Crippen LogP contribution in [0.5, 0.6) is 0 Å². The second-order valence-electron chi connectivity index (χ2n) is 7.84. The van der Waals surface area contributed by atoms with Gasteiger partial charge in [0.1, 0.15) is 17.6 Å². The van der Waals surface area contributed by atoms with E-state index in [0.29, 0.717) is 30.7 Å². The van der Waals surface area contributed by atoms with Crippen molar-refractivity contribution in [3.63, 3.8) is 0 Å². The Morgan fingerprint density at radius 2 is 2.07 bits per heavy atom. The molecule has 7 nitrogen and oxygen atoms in total. The third-order valence-corrected chi connectivity index (χ3v) is 5.93. The smallest absolute Gasteiger partial charge is 0.251 e. The third kappa shape index (κ3) is 3.17. The molecule has 3 unspecified atom stereocenters. The zero-order valence-corrected chi connectivity index (χ0v) is 15.5. The first kappa shape index (κ1) is 17.4. The van der Waals surface area contributed by atoms with Crippen molar-refractivity contribution in [1.82, 2.24) is 30.3 Å². The molecule has 1 aliphatic carbocycles. The van der Waals surface area contributed by atoms with Crippen molar-refractivity contribution >= 4 is 5.91 Å². The van der Waals surface area contributed by atoms with Gasteiger partial charge in [-0.25, -0.2) is 14.5 Å². The second kappa shape index (κ2) is 7.01. The third-order valence-electron chi connectivity index (χ3n) is 5.93. The molecule has 1 aromatic carbocycles. The quantitative estimate of drug-likeness (QED) is 0.877. The predicted molar refractivity (Wildman–Crippen MR) is 99.7 cm³/mol. The number of fused-ring (bicyclic) bond motifs is 3. The maximum absolute atomic E-state index is 13.3. The van der Waals surface area contributed by atoms with Crippen LogP contribution in [0.2, 0.25) is 0 Å². The van der Waals surface area contributed by atoms with Gasteiger partial charge >= 0.3 is 0 Å². The molecule has 2 fully saturated rings. The lowest BCUT2D eigenvalue weighted by Gasteiger charge is -2.34. The van der Waals surface area contributed by atoms with Crippen molar-refractivity contribution in [2.24, 2.45) is 5.92 Å². The van der Waals surface area contributed by atoms with Crippen LogP contribution in [0.25, 0.3) is 0 Å². The number of rotatable bonds is 4. The molecule has 8 heteroatoms. The van der Waals surface area contributed by atoms with Crippen molar-refractivity contribution in [2.45, 2.75) is 50.9 Å². The number of carbonyl (C=O) groups excluding carboxylic acids is 1. The van der Waals surface area contributed by atoms with Gasteiger partial charge in [0.2, 0.25) is 0 Å². The van der Waals surface area contributed by atoms with E-state index in [2.05, 4.69) is 15.7 Å².